The molecule has 5 nitrogen and oxygen atoms in total. The number of hydrogen-bond donors (Lipinski definition) is 1. The molecule has 0 radical (unpaired) electrons. The van der Waals surface area contributed by atoms with E-state index in [1.54, 1.807) is 19.2 Å². The summed E-state index contributed by atoms with van der Waals surface area (Å²) in [6.07, 6.45) is 2.39. The van der Waals surface area contributed by atoms with Crippen LogP contribution >= 0.6 is 0 Å². The number of dihydropyridines is 1. The zero-order chi connectivity index (χ0) is 26.5. The maximum atomic E-state index is 13.6. The standard InChI is InChI=1S/C31H34FNO4/c1-30(2)13-21-28(23(34)15-30)27(29-22(33-21)14-31(3,4)16-24(29)35)19-9-10-25(26(12-19)36-5)37-17-18-7-6-8-20(32)11-18/h6-12,27,33H,13-17H2,1-5H3. The Bertz CT molecular complexity index is 1300. The summed E-state index contributed by atoms with van der Waals surface area (Å²) in [4.78, 5) is 27.1. The summed E-state index contributed by atoms with van der Waals surface area (Å²) < 4.78 is 25.2. The molecule has 1 heterocycles. The van der Waals surface area contributed by atoms with E-state index in [0.717, 1.165) is 29.8 Å². The van der Waals surface area contributed by atoms with Crippen molar-refractivity contribution in [1.29, 1.82) is 0 Å². The van der Waals surface area contributed by atoms with Gasteiger partial charge in [-0.25, -0.2) is 4.39 Å². The quantitative estimate of drug-likeness (QED) is 0.512. The molecule has 0 amide bonds. The number of rotatable bonds is 5. The monoisotopic (exact) mass is 503 g/mol. The summed E-state index contributed by atoms with van der Waals surface area (Å²) in [6, 6.07) is 11.9. The van der Waals surface area contributed by atoms with Gasteiger partial charge in [-0.15, -0.1) is 0 Å². The van der Waals surface area contributed by atoms with Crippen molar-refractivity contribution < 1.29 is 23.5 Å². The predicted molar refractivity (Wildman–Crippen MR) is 140 cm³/mol. The largest absolute Gasteiger partial charge is 0.493 e. The Morgan fingerprint density at radius 1 is 0.865 bits per heavy atom. The highest BCUT2D eigenvalue weighted by atomic mass is 19.1. The molecule has 0 atom stereocenters. The van der Waals surface area contributed by atoms with E-state index in [1.165, 1.54) is 12.1 Å². The molecular weight excluding hydrogens is 469 g/mol. The van der Waals surface area contributed by atoms with Crippen molar-refractivity contribution >= 4 is 11.6 Å². The summed E-state index contributed by atoms with van der Waals surface area (Å²) in [5.74, 6) is 0.424. The van der Waals surface area contributed by atoms with Gasteiger partial charge in [0.1, 0.15) is 12.4 Å². The number of nitrogens with one attached hydrogen (secondary N) is 1. The summed E-state index contributed by atoms with van der Waals surface area (Å²) in [7, 11) is 1.56. The minimum atomic E-state index is -0.440. The Morgan fingerprint density at radius 3 is 2.05 bits per heavy atom. The number of Topliss-reactive ketones (excluding diaryl/α,β-unsaturated/α-hetero) is 2. The first-order chi connectivity index (χ1) is 17.5. The SMILES string of the molecule is COc1cc(C2C3=C(CC(C)(C)CC3=O)NC3=C2C(=O)CC(C)(C)C3)ccc1OCc1cccc(F)c1. The summed E-state index contributed by atoms with van der Waals surface area (Å²) in [5.41, 5.74) is 4.50. The molecule has 194 valence electrons. The van der Waals surface area contributed by atoms with Gasteiger partial charge >= 0.3 is 0 Å². The third-order valence-corrected chi connectivity index (χ3v) is 7.52. The predicted octanol–water partition coefficient (Wildman–Crippen LogP) is 6.39. The maximum absolute atomic E-state index is 13.6. The lowest BCUT2D eigenvalue weighted by molar-refractivity contribution is -0.119. The molecule has 0 fully saturated rings. The van der Waals surface area contributed by atoms with E-state index in [4.69, 9.17) is 9.47 Å². The number of hydrogen-bond acceptors (Lipinski definition) is 5. The number of allylic oxidation sites excluding steroid dienone is 4. The van der Waals surface area contributed by atoms with Crippen LogP contribution in [0.3, 0.4) is 0 Å². The van der Waals surface area contributed by atoms with Crippen LogP contribution in [0.15, 0.2) is 65.0 Å². The van der Waals surface area contributed by atoms with Gasteiger partial charge in [-0.3, -0.25) is 9.59 Å². The number of ether oxygens (including phenoxy) is 2. The first-order valence-corrected chi connectivity index (χ1v) is 12.8. The lowest BCUT2D eigenvalue weighted by atomic mass is 9.64. The van der Waals surface area contributed by atoms with Crippen LogP contribution < -0.4 is 14.8 Å². The molecule has 0 spiro atoms. The molecule has 2 aromatic rings. The Labute approximate surface area is 217 Å². The Hall–Kier alpha value is -3.41. The Kier molecular flexibility index (Phi) is 6.25. The van der Waals surface area contributed by atoms with Crippen LogP contribution in [0.1, 0.15) is 70.4 Å². The van der Waals surface area contributed by atoms with E-state index in [2.05, 4.69) is 33.0 Å². The van der Waals surface area contributed by atoms with E-state index in [0.29, 0.717) is 41.1 Å². The first-order valence-electron chi connectivity index (χ1n) is 12.8. The van der Waals surface area contributed by atoms with Crippen molar-refractivity contribution in [1.82, 2.24) is 5.32 Å². The number of carbonyl (C=O) groups excluding carboxylic acids is 2. The summed E-state index contributed by atoms with van der Waals surface area (Å²) in [5, 5.41) is 3.54. The number of ketones is 2. The molecule has 0 aromatic heterocycles. The van der Waals surface area contributed by atoms with Crippen molar-refractivity contribution in [3.63, 3.8) is 0 Å². The first kappa shape index (κ1) is 25.2. The smallest absolute Gasteiger partial charge is 0.162 e. The molecule has 2 aliphatic carbocycles. The highest BCUT2D eigenvalue weighted by Crippen LogP contribution is 2.51. The van der Waals surface area contributed by atoms with Crippen molar-refractivity contribution in [2.75, 3.05) is 7.11 Å². The molecule has 1 aliphatic heterocycles. The molecule has 2 aromatic carbocycles. The van der Waals surface area contributed by atoms with Gasteiger partial charge in [0.15, 0.2) is 23.1 Å². The highest BCUT2D eigenvalue weighted by Gasteiger charge is 2.46. The summed E-state index contributed by atoms with van der Waals surface area (Å²) in [6.45, 7) is 8.63. The van der Waals surface area contributed by atoms with E-state index < -0.39 is 5.92 Å². The van der Waals surface area contributed by atoms with E-state index in [-0.39, 0.29) is 34.8 Å². The van der Waals surface area contributed by atoms with Crippen molar-refractivity contribution in [3.8, 4) is 11.5 Å². The molecule has 0 saturated carbocycles. The van der Waals surface area contributed by atoms with E-state index in [9.17, 15) is 14.0 Å². The van der Waals surface area contributed by atoms with Crippen LogP contribution in [-0.4, -0.2) is 18.7 Å². The van der Waals surface area contributed by atoms with Gasteiger partial charge in [-0.05, 0) is 59.1 Å². The van der Waals surface area contributed by atoms with Crippen molar-refractivity contribution in [2.24, 2.45) is 10.8 Å². The fraction of sp³-hybridized carbons (Fsp3) is 0.419. The minimum Gasteiger partial charge on any atom is -0.493 e. The molecule has 5 rings (SSSR count). The average Bonchev–Trinajstić information content (AvgIpc) is 2.79. The topological polar surface area (TPSA) is 64.6 Å². The van der Waals surface area contributed by atoms with Crippen LogP contribution in [0.2, 0.25) is 0 Å². The molecule has 0 bridgehead atoms. The molecule has 0 saturated heterocycles. The van der Waals surface area contributed by atoms with Crippen LogP contribution in [0.25, 0.3) is 0 Å². The van der Waals surface area contributed by atoms with Crippen LogP contribution in [0.5, 0.6) is 11.5 Å². The normalized spacial score (nSPS) is 20.8. The van der Waals surface area contributed by atoms with Crippen LogP contribution in [0.4, 0.5) is 4.39 Å². The zero-order valence-corrected chi connectivity index (χ0v) is 22.2. The van der Waals surface area contributed by atoms with Gasteiger partial charge in [-0.2, -0.15) is 0 Å². The van der Waals surface area contributed by atoms with Gasteiger partial charge in [0, 0.05) is 41.3 Å². The summed E-state index contributed by atoms with van der Waals surface area (Å²) >= 11 is 0. The van der Waals surface area contributed by atoms with Crippen molar-refractivity contribution in [3.05, 3.63) is 81.9 Å². The van der Waals surface area contributed by atoms with E-state index >= 15 is 0 Å². The lowest BCUT2D eigenvalue weighted by Gasteiger charge is -2.44. The second-order valence-corrected chi connectivity index (χ2v) is 12.1. The van der Waals surface area contributed by atoms with Gasteiger partial charge in [-0.1, -0.05) is 45.9 Å². The Morgan fingerprint density at radius 2 is 1.49 bits per heavy atom. The zero-order valence-electron chi connectivity index (χ0n) is 22.2. The number of halogens is 1. The highest BCUT2D eigenvalue weighted by molar-refractivity contribution is 6.06. The minimum absolute atomic E-state index is 0.0818. The molecule has 37 heavy (non-hydrogen) atoms. The second-order valence-electron chi connectivity index (χ2n) is 12.1. The number of methoxy groups -OCH3 is 1. The Balaban J connectivity index is 1.56. The molecule has 6 heteroatoms. The molecular formula is C31H34FNO4. The van der Waals surface area contributed by atoms with Crippen LogP contribution in [0, 0.1) is 16.6 Å². The maximum Gasteiger partial charge on any atom is 0.162 e. The number of benzene rings is 2. The fourth-order valence-corrected chi connectivity index (χ4v) is 5.99. The molecule has 3 aliphatic rings. The average molecular weight is 504 g/mol. The third kappa shape index (κ3) is 4.94. The molecule has 0 unspecified atom stereocenters. The van der Waals surface area contributed by atoms with Gasteiger partial charge < -0.3 is 14.8 Å². The van der Waals surface area contributed by atoms with E-state index in [1.807, 2.05) is 18.2 Å². The fourth-order valence-electron chi connectivity index (χ4n) is 5.99. The van der Waals surface area contributed by atoms with Gasteiger partial charge in [0.25, 0.3) is 0 Å². The third-order valence-electron chi connectivity index (χ3n) is 7.52. The van der Waals surface area contributed by atoms with Gasteiger partial charge in [0.2, 0.25) is 0 Å². The number of carbonyl (C=O) groups is 2. The lowest BCUT2D eigenvalue weighted by Crippen LogP contribution is -2.42. The molecule has 1 N–H and O–H groups in total. The van der Waals surface area contributed by atoms with Crippen LogP contribution in [-0.2, 0) is 16.2 Å². The van der Waals surface area contributed by atoms with Crippen molar-refractivity contribution in [2.45, 2.75) is 65.9 Å². The van der Waals surface area contributed by atoms with Gasteiger partial charge in [0.05, 0.1) is 7.11 Å². The second kappa shape index (κ2) is 9.16.